The number of hydrogen-bond acceptors (Lipinski definition) is 4. The summed E-state index contributed by atoms with van der Waals surface area (Å²) in [7, 11) is 0. The lowest BCUT2D eigenvalue weighted by molar-refractivity contribution is 0.0919. The van der Waals surface area contributed by atoms with Crippen LogP contribution in [0.2, 0.25) is 20.1 Å². The Labute approximate surface area is 353 Å². The van der Waals surface area contributed by atoms with Crippen LogP contribution in [0.15, 0.2) is 84.9 Å². The van der Waals surface area contributed by atoms with Crippen molar-refractivity contribution in [2.75, 3.05) is 0 Å². The highest BCUT2D eigenvalue weighted by Crippen LogP contribution is 2.39. The monoisotopic (exact) mass is 836 g/mol. The van der Waals surface area contributed by atoms with Crippen molar-refractivity contribution < 1.29 is 9.59 Å². The third-order valence-corrected chi connectivity index (χ3v) is 13.2. The van der Waals surface area contributed by atoms with Gasteiger partial charge in [-0.3, -0.25) is 9.59 Å². The minimum absolute atomic E-state index is 0.0683. The van der Waals surface area contributed by atoms with Crippen LogP contribution in [-0.2, 0) is 0 Å². The highest BCUT2D eigenvalue weighted by atomic mass is 35.5. The Balaban J connectivity index is 0.873. The van der Waals surface area contributed by atoms with Gasteiger partial charge in [-0.1, -0.05) is 82.8 Å². The summed E-state index contributed by atoms with van der Waals surface area (Å²) in [5.74, 6) is 1.14. The van der Waals surface area contributed by atoms with Crippen molar-refractivity contribution >= 4 is 80.0 Å². The van der Waals surface area contributed by atoms with Crippen LogP contribution in [0.5, 0.6) is 0 Å². The highest BCUT2D eigenvalue weighted by Gasteiger charge is 2.30. The molecule has 4 aromatic carbocycles. The Hall–Kier alpha value is -4.20. The molecule has 0 bridgehead atoms. The quantitative estimate of drug-likeness (QED) is 0.160. The molecule has 0 saturated heterocycles. The van der Waals surface area contributed by atoms with Crippen molar-refractivity contribution in [2.24, 2.45) is 11.8 Å². The van der Waals surface area contributed by atoms with Crippen LogP contribution >= 0.6 is 46.4 Å². The van der Waals surface area contributed by atoms with Crippen molar-refractivity contribution in [3.63, 3.8) is 0 Å². The number of rotatable bonds is 8. The van der Waals surface area contributed by atoms with Gasteiger partial charge in [-0.05, 0) is 143 Å². The molecule has 2 aromatic heterocycles. The first-order valence-corrected chi connectivity index (χ1v) is 21.4. The van der Waals surface area contributed by atoms with Crippen LogP contribution in [-0.4, -0.2) is 33.9 Å². The average molecular weight is 839 g/mol. The van der Waals surface area contributed by atoms with Gasteiger partial charge in [-0.2, -0.15) is 0 Å². The van der Waals surface area contributed by atoms with Gasteiger partial charge in [0.15, 0.2) is 0 Å². The van der Waals surface area contributed by atoms with Crippen LogP contribution in [0.3, 0.4) is 0 Å². The SMILES string of the molecule is Cc1c(-c2ccc(Cl)cc2Cl)nc2ccccc2c1C(=O)NC1CCC(CC2CCC(NC(=O)c3c(C)c(-c4ccc(Cl)cc4Cl)nc4ccccc34)CC2)CC1. The lowest BCUT2D eigenvalue weighted by Crippen LogP contribution is -2.39. The zero-order chi connectivity index (χ0) is 39.8. The second kappa shape index (κ2) is 17.0. The predicted octanol–water partition coefficient (Wildman–Crippen LogP) is 13.0. The Bertz CT molecular complexity index is 2330. The Morgan fingerprint density at radius 3 is 1.33 bits per heavy atom. The van der Waals surface area contributed by atoms with E-state index in [0.717, 1.165) is 95.4 Å². The first kappa shape index (κ1) is 39.6. The molecule has 8 rings (SSSR count). The molecule has 2 aliphatic carbocycles. The number of carbonyl (C=O) groups is 2. The maximum Gasteiger partial charge on any atom is 0.252 e. The van der Waals surface area contributed by atoms with Gasteiger partial charge >= 0.3 is 0 Å². The van der Waals surface area contributed by atoms with E-state index >= 15 is 0 Å². The maximum atomic E-state index is 14.0. The van der Waals surface area contributed by atoms with E-state index in [0.29, 0.717) is 54.4 Å². The molecule has 2 amide bonds. The molecule has 2 N–H and O–H groups in total. The summed E-state index contributed by atoms with van der Waals surface area (Å²) in [6.45, 7) is 3.89. The molecular weight excluding hydrogens is 794 g/mol. The van der Waals surface area contributed by atoms with Gasteiger partial charge in [-0.25, -0.2) is 9.97 Å². The summed E-state index contributed by atoms with van der Waals surface area (Å²) in [5, 5.41) is 10.5. The second-order valence-corrected chi connectivity index (χ2v) is 17.5. The molecule has 0 spiro atoms. The van der Waals surface area contributed by atoms with Crippen LogP contribution in [0.1, 0.15) is 89.6 Å². The smallest absolute Gasteiger partial charge is 0.252 e. The zero-order valence-electron chi connectivity index (χ0n) is 32.0. The standard InChI is InChI=1S/C47H44Cl4N4O2/c1-26-42(36-7-3-5-9-40(36)54-44(26)34-21-15-30(48)24-38(34)50)46(56)52-32-17-11-28(12-18-32)23-29-13-19-33(20-14-29)53-47(57)43-27(2)45(35-22-16-31(49)25-39(35)51)55-41-10-6-4-8-37(41)43/h3-10,15-16,21-22,24-25,28-29,32-33H,11-14,17-20,23H2,1-2H3,(H,52,56)(H,53,57). The summed E-state index contributed by atoms with van der Waals surface area (Å²) in [6, 6.07) is 26.5. The van der Waals surface area contributed by atoms with Crippen molar-refractivity contribution in [1.29, 1.82) is 0 Å². The van der Waals surface area contributed by atoms with Gasteiger partial charge in [-0.15, -0.1) is 0 Å². The normalized spacial score (nSPS) is 19.8. The van der Waals surface area contributed by atoms with Crippen LogP contribution in [0.25, 0.3) is 44.3 Å². The highest BCUT2D eigenvalue weighted by molar-refractivity contribution is 6.37. The van der Waals surface area contributed by atoms with E-state index in [9.17, 15) is 9.59 Å². The second-order valence-electron chi connectivity index (χ2n) is 15.8. The number of nitrogens with one attached hydrogen (secondary N) is 2. The molecule has 2 heterocycles. The largest absolute Gasteiger partial charge is 0.349 e. The molecule has 57 heavy (non-hydrogen) atoms. The Morgan fingerprint density at radius 1 is 0.561 bits per heavy atom. The number of pyridine rings is 2. The van der Waals surface area contributed by atoms with E-state index in [1.165, 1.54) is 6.42 Å². The van der Waals surface area contributed by atoms with E-state index in [1.54, 1.807) is 24.3 Å². The minimum Gasteiger partial charge on any atom is -0.349 e. The Morgan fingerprint density at radius 2 is 0.947 bits per heavy atom. The number of amides is 2. The third kappa shape index (κ3) is 8.38. The summed E-state index contributed by atoms with van der Waals surface area (Å²) in [5.41, 5.74) is 7.27. The zero-order valence-corrected chi connectivity index (χ0v) is 35.0. The number of halogens is 4. The number of nitrogens with zero attached hydrogens (tertiary/aromatic N) is 2. The molecule has 0 aliphatic heterocycles. The number of fused-ring (bicyclic) bond motifs is 2. The van der Waals surface area contributed by atoms with Crippen molar-refractivity contribution in [3.05, 3.63) is 127 Å². The molecule has 10 heteroatoms. The molecule has 292 valence electrons. The van der Waals surface area contributed by atoms with Crippen LogP contribution in [0, 0.1) is 25.7 Å². The van der Waals surface area contributed by atoms with Gasteiger partial charge in [0.2, 0.25) is 0 Å². The molecule has 2 saturated carbocycles. The molecule has 2 fully saturated rings. The summed E-state index contributed by atoms with van der Waals surface area (Å²) in [4.78, 5) is 37.9. The number of para-hydroxylation sites is 2. The predicted molar refractivity (Wildman–Crippen MR) is 235 cm³/mol. The number of benzene rings is 4. The molecule has 0 atom stereocenters. The van der Waals surface area contributed by atoms with E-state index in [4.69, 9.17) is 56.4 Å². The lowest BCUT2D eigenvalue weighted by atomic mass is 9.75. The molecule has 0 radical (unpaired) electrons. The fourth-order valence-corrected chi connectivity index (χ4v) is 10.2. The molecule has 2 aliphatic rings. The molecule has 6 nitrogen and oxygen atoms in total. The van der Waals surface area contributed by atoms with E-state index in [2.05, 4.69) is 10.6 Å². The number of carbonyl (C=O) groups excluding carboxylic acids is 2. The van der Waals surface area contributed by atoms with E-state index < -0.39 is 0 Å². The number of aromatic nitrogens is 2. The van der Waals surface area contributed by atoms with Crippen molar-refractivity contribution in [2.45, 2.75) is 83.7 Å². The molecular formula is C47H44Cl4N4O2. The van der Waals surface area contributed by atoms with Crippen molar-refractivity contribution in [3.8, 4) is 22.5 Å². The summed E-state index contributed by atoms with van der Waals surface area (Å²) >= 11 is 25.6. The van der Waals surface area contributed by atoms with Gasteiger partial charge in [0.1, 0.15) is 0 Å². The van der Waals surface area contributed by atoms with Crippen molar-refractivity contribution in [1.82, 2.24) is 20.6 Å². The van der Waals surface area contributed by atoms with E-state index in [-0.39, 0.29) is 23.9 Å². The van der Waals surface area contributed by atoms with Gasteiger partial charge in [0.05, 0.1) is 43.6 Å². The Kier molecular flexibility index (Phi) is 11.8. The van der Waals surface area contributed by atoms with Crippen LogP contribution < -0.4 is 10.6 Å². The topological polar surface area (TPSA) is 84.0 Å². The van der Waals surface area contributed by atoms with Gasteiger partial charge in [0, 0.05) is 44.0 Å². The first-order valence-electron chi connectivity index (χ1n) is 19.8. The van der Waals surface area contributed by atoms with Crippen LogP contribution in [0.4, 0.5) is 0 Å². The third-order valence-electron chi connectivity index (χ3n) is 12.1. The first-order chi connectivity index (χ1) is 27.5. The minimum atomic E-state index is -0.0683. The van der Waals surface area contributed by atoms with E-state index in [1.807, 2.05) is 74.5 Å². The summed E-state index contributed by atoms with van der Waals surface area (Å²) in [6.07, 6.45) is 9.42. The lowest BCUT2D eigenvalue weighted by Gasteiger charge is -2.34. The molecule has 0 unspecified atom stereocenters. The fourth-order valence-electron chi connectivity index (χ4n) is 9.16. The van der Waals surface area contributed by atoms with Gasteiger partial charge in [0.25, 0.3) is 11.8 Å². The molecule has 6 aromatic rings. The maximum absolute atomic E-state index is 14.0. The summed E-state index contributed by atoms with van der Waals surface area (Å²) < 4.78 is 0. The van der Waals surface area contributed by atoms with Gasteiger partial charge < -0.3 is 10.6 Å². The average Bonchev–Trinajstić information content (AvgIpc) is 3.19. The fraction of sp³-hybridized carbons (Fsp3) is 0.319. The number of hydrogen-bond donors (Lipinski definition) is 2.